The molecule has 166 valence electrons. The van der Waals surface area contributed by atoms with Crippen LogP contribution in [0.25, 0.3) is 17.4 Å². The quantitative estimate of drug-likeness (QED) is 0.384. The van der Waals surface area contributed by atoms with Crippen LogP contribution in [0.4, 0.5) is 11.4 Å². The molecule has 2 aromatic carbocycles. The monoisotopic (exact) mass is 472 g/mol. The molecule has 6 nitrogen and oxygen atoms in total. The summed E-state index contributed by atoms with van der Waals surface area (Å²) in [7, 11) is 1.49. The number of nitrogens with one attached hydrogen (secondary N) is 2. The van der Waals surface area contributed by atoms with E-state index in [9.17, 15) is 9.59 Å². The zero-order valence-electron chi connectivity index (χ0n) is 17.7. The first-order valence-corrected chi connectivity index (χ1v) is 10.5. The van der Waals surface area contributed by atoms with Gasteiger partial charge in [0.15, 0.2) is 0 Å². The van der Waals surface area contributed by atoms with E-state index in [-0.39, 0.29) is 17.7 Å². The summed E-state index contributed by atoms with van der Waals surface area (Å²) in [6.07, 6.45) is 2.91. The Bertz CT molecular complexity index is 1150. The van der Waals surface area contributed by atoms with E-state index in [1.807, 2.05) is 0 Å². The highest BCUT2D eigenvalue weighted by Gasteiger charge is 2.12. The van der Waals surface area contributed by atoms with Crippen molar-refractivity contribution in [1.29, 1.82) is 0 Å². The van der Waals surface area contributed by atoms with Gasteiger partial charge in [-0.15, -0.1) is 0 Å². The van der Waals surface area contributed by atoms with E-state index in [1.54, 1.807) is 68.5 Å². The molecular weight excluding hydrogens is 451 g/mol. The van der Waals surface area contributed by atoms with Crippen molar-refractivity contribution in [3.05, 3.63) is 70.4 Å². The van der Waals surface area contributed by atoms with Gasteiger partial charge in [0.2, 0.25) is 11.8 Å². The van der Waals surface area contributed by atoms with Crippen molar-refractivity contribution in [1.82, 2.24) is 0 Å². The van der Waals surface area contributed by atoms with Crippen LogP contribution in [0.5, 0.6) is 5.75 Å². The molecule has 0 bridgehead atoms. The highest BCUT2D eigenvalue weighted by atomic mass is 35.5. The fourth-order valence-corrected chi connectivity index (χ4v) is 3.31. The Kier molecular flexibility index (Phi) is 7.62. The lowest BCUT2D eigenvalue weighted by atomic mass is 10.2. The van der Waals surface area contributed by atoms with Crippen LogP contribution in [-0.4, -0.2) is 18.9 Å². The minimum Gasteiger partial charge on any atom is -0.494 e. The third kappa shape index (κ3) is 6.15. The van der Waals surface area contributed by atoms with E-state index in [2.05, 4.69) is 10.6 Å². The van der Waals surface area contributed by atoms with E-state index in [1.165, 1.54) is 13.2 Å². The van der Waals surface area contributed by atoms with Crippen molar-refractivity contribution < 1.29 is 18.7 Å². The summed E-state index contributed by atoms with van der Waals surface area (Å²) in [5, 5.41) is 6.55. The molecule has 0 spiro atoms. The predicted molar refractivity (Wildman–Crippen MR) is 128 cm³/mol. The third-order valence-electron chi connectivity index (χ3n) is 4.42. The second kappa shape index (κ2) is 10.4. The first-order chi connectivity index (χ1) is 15.2. The minimum atomic E-state index is -0.352. The lowest BCUT2D eigenvalue weighted by Gasteiger charge is -2.13. The molecule has 32 heavy (non-hydrogen) atoms. The summed E-state index contributed by atoms with van der Waals surface area (Å²) in [6.45, 7) is 3.60. The summed E-state index contributed by atoms with van der Waals surface area (Å²) in [6, 6.07) is 13.6. The number of anilines is 2. The summed E-state index contributed by atoms with van der Waals surface area (Å²) >= 11 is 12.1. The van der Waals surface area contributed by atoms with Crippen LogP contribution in [0.15, 0.2) is 59.0 Å². The predicted octanol–water partition coefficient (Wildman–Crippen LogP) is 6.51. The fourth-order valence-electron chi connectivity index (χ4n) is 2.78. The van der Waals surface area contributed by atoms with Gasteiger partial charge >= 0.3 is 0 Å². The second-order valence-corrected chi connectivity index (χ2v) is 8.11. The van der Waals surface area contributed by atoms with Gasteiger partial charge in [0, 0.05) is 39.4 Å². The van der Waals surface area contributed by atoms with Gasteiger partial charge in [0.1, 0.15) is 17.3 Å². The highest BCUT2D eigenvalue weighted by Crippen LogP contribution is 2.30. The minimum absolute atomic E-state index is 0.124. The van der Waals surface area contributed by atoms with Crippen molar-refractivity contribution >= 4 is 52.5 Å². The average molecular weight is 473 g/mol. The van der Waals surface area contributed by atoms with Gasteiger partial charge in [-0.3, -0.25) is 9.59 Å². The number of methoxy groups -OCH3 is 1. The van der Waals surface area contributed by atoms with E-state index >= 15 is 0 Å². The van der Waals surface area contributed by atoms with Crippen molar-refractivity contribution in [2.24, 2.45) is 5.92 Å². The zero-order chi connectivity index (χ0) is 23.3. The maximum absolute atomic E-state index is 12.3. The Morgan fingerprint density at radius 1 is 1.00 bits per heavy atom. The lowest BCUT2D eigenvalue weighted by Crippen LogP contribution is -2.18. The van der Waals surface area contributed by atoms with E-state index in [4.69, 9.17) is 32.4 Å². The normalized spacial score (nSPS) is 11.1. The Hall–Kier alpha value is -3.22. The first-order valence-electron chi connectivity index (χ1n) is 9.79. The number of carbonyl (C=O) groups is 2. The maximum atomic E-state index is 12.3. The maximum Gasteiger partial charge on any atom is 0.248 e. The first kappa shape index (κ1) is 23.4. The standard InChI is InChI=1S/C24H22Cl2N2O4/c1-14(2)24(30)28-20-7-4-18(13-22(20)31-3)27-23(29)9-6-19-5-8-21(32-19)15-10-16(25)12-17(26)11-15/h4-14H,1-3H3,(H,27,29)(H,28,30)/b9-6+. The number of ether oxygens (including phenoxy) is 1. The van der Waals surface area contributed by atoms with Gasteiger partial charge in [-0.25, -0.2) is 0 Å². The number of hydrogen-bond acceptors (Lipinski definition) is 4. The Morgan fingerprint density at radius 2 is 1.72 bits per heavy atom. The van der Waals surface area contributed by atoms with Crippen LogP contribution in [0.2, 0.25) is 10.0 Å². The van der Waals surface area contributed by atoms with Crippen molar-refractivity contribution in [2.45, 2.75) is 13.8 Å². The molecule has 0 atom stereocenters. The summed E-state index contributed by atoms with van der Waals surface area (Å²) in [4.78, 5) is 24.2. The molecule has 0 radical (unpaired) electrons. The van der Waals surface area contributed by atoms with Gasteiger partial charge in [0.05, 0.1) is 12.8 Å². The van der Waals surface area contributed by atoms with Gasteiger partial charge in [-0.05, 0) is 48.5 Å². The molecule has 0 unspecified atom stereocenters. The molecule has 3 rings (SSSR count). The molecule has 1 heterocycles. The Morgan fingerprint density at radius 3 is 2.38 bits per heavy atom. The number of rotatable bonds is 7. The van der Waals surface area contributed by atoms with E-state index < -0.39 is 0 Å². The fraction of sp³-hybridized carbons (Fsp3) is 0.167. The number of benzene rings is 2. The number of carbonyl (C=O) groups excluding carboxylic acids is 2. The molecule has 0 aliphatic rings. The third-order valence-corrected chi connectivity index (χ3v) is 4.86. The number of halogens is 2. The molecular formula is C24H22Cl2N2O4. The summed E-state index contributed by atoms with van der Waals surface area (Å²) in [5.41, 5.74) is 1.79. The second-order valence-electron chi connectivity index (χ2n) is 7.24. The van der Waals surface area contributed by atoms with Gasteiger partial charge in [-0.1, -0.05) is 37.0 Å². The molecule has 2 amide bonds. The highest BCUT2D eigenvalue weighted by molar-refractivity contribution is 6.35. The Balaban J connectivity index is 1.67. The molecule has 1 aromatic heterocycles. The SMILES string of the molecule is COc1cc(NC(=O)/C=C/c2ccc(-c3cc(Cl)cc(Cl)c3)o2)ccc1NC(=O)C(C)C. The number of amides is 2. The lowest BCUT2D eigenvalue weighted by molar-refractivity contribution is -0.119. The van der Waals surface area contributed by atoms with Crippen LogP contribution in [-0.2, 0) is 9.59 Å². The molecule has 0 aliphatic heterocycles. The summed E-state index contributed by atoms with van der Waals surface area (Å²) in [5.74, 6) is 0.878. The van der Waals surface area contributed by atoms with Crippen LogP contribution in [0.3, 0.4) is 0 Å². The zero-order valence-corrected chi connectivity index (χ0v) is 19.3. The summed E-state index contributed by atoms with van der Waals surface area (Å²) < 4.78 is 11.1. The van der Waals surface area contributed by atoms with Crippen molar-refractivity contribution in [2.75, 3.05) is 17.7 Å². The average Bonchev–Trinajstić information content (AvgIpc) is 3.21. The topological polar surface area (TPSA) is 80.6 Å². The van der Waals surface area contributed by atoms with Crippen LogP contribution in [0.1, 0.15) is 19.6 Å². The molecule has 0 fully saturated rings. The number of furan rings is 1. The van der Waals surface area contributed by atoms with Crippen LogP contribution < -0.4 is 15.4 Å². The van der Waals surface area contributed by atoms with Crippen LogP contribution in [0, 0.1) is 5.92 Å². The molecule has 0 aliphatic carbocycles. The van der Waals surface area contributed by atoms with Crippen molar-refractivity contribution in [3.63, 3.8) is 0 Å². The van der Waals surface area contributed by atoms with Gasteiger partial charge < -0.3 is 19.8 Å². The van der Waals surface area contributed by atoms with Crippen molar-refractivity contribution in [3.8, 4) is 17.1 Å². The smallest absolute Gasteiger partial charge is 0.248 e. The molecule has 8 heteroatoms. The Labute approximate surface area is 196 Å². The van der Waals surface area contributed by atoms with Gasteiger partial charge in [0.25, 0.3) is 0 Å². The van der Waals surface area contributed by atoms with Crippen LogP contribution >= 0.6 is 23.2 Å². The molecule has 0 saturated heterocycles. The van der Waals surface area contributed by atoms with Gasteiger partial charge in [-0.2, -0.15) is 0 Å². The van der Waals surface area contributed by atoms with E-state index in [0.29, 0.717) is 38.7 Å². The molecule has 0 saturated carbocycles. The molecule has 3 aromatic rings. The van der Waals surface area contributed by atoms with E-state index in [0.717, 1.165) is 5.56 Å². The molecule has 2 N–H and O–H groups in total. The largest absolute Gasteiger partial charge is 0.494 e. The number of hydrogen-bond donors (Lipinski definition) is 2.